The molecule has 2 aromatic carbocycles. The minimum Gasteiger partial charge on any atom is -0.490 e. The molecule has 0 aliphatic carbocycles. The minimum absolute atomic E-state index is 0.000639. The van der Waals surface area contributed by atoms with E-state index in [-0.39, 0.29) is 30.0 Å². The predicted molar refractivity (Wildman–Crippen MR) is 157 cm³/mol. The molecule has 0 unspecified atom stereocenters. The Balaban J connectivity index is 1.02. The van der Waals surface area contributed by atoms with Gasteiger partial charge in [0.05, 0.1) is 10.6 Å². The third kappa shape index (κ3) is 6.23. The number of carbonyl (C=O) groups excluding carboxylic acids is 2. The van der Waals surface area contributed by atoms with Crippen LogP contribution >= 0.6 is 11.6 Å². The van der Waals surface area contributed by atoms with Gasteiger partial charge in [0, 0.05) is 74.8 Å². The maximum Gasteiger partial charge on any atom is 0.254 e. The van der Waals surface area contributed by atoms with E-state index in [4.69, 9.17) is 21.6 Å². The van der Waals surface area contributed by atoms with Gasteiger partial charge in [0.25, 0.3) is 11.8 Å². The van der Waals surface area contributed by atoms with Gasteiger partial charge in [-0.05, 0) is 81.1 Å². The molecule has 2 amide bonds. The van der Waals surface area contributed by atoms with Crippen LogP contribution in [0.4, 0.5) is 0 Å². The van der Waals surface area contributed by atoms with Gasteiger partial charge in [0.15, 0.2) is 0 Å². The first kappa shape index (κ1) is 28.0. The lowest BCUT2D eigenvalue weighted by molar-refractivity contribution is 0.0358. The normalized spacial score (nSPS) is 25.1. The van der Waals surface area contributed by atoms with Gasteiger partial charge in [-0.2, -0.15) is 5.26 Å². The summed E-state index contributed by atoms with van der Waals surface area (Å²) in [6.45, 7) is 6.71. The molecule has 4 fully saturated rings. The van der Waals surface area contributed by atoms with E-state index in [2.05, 4.69) is 16.3 Å². The number of piperazine rings is 1. The van der Waals surface area contributed by atoms with Crippen LogP contribution < -0.4 is 10.1 Å². The molecule has 0 spiro atoms. The minimum atomic E-state index is 0.000639. The van der Waals surface area contributed by atoms with Crippen LogP contribution in [0.5, 0.6) is 5.75 Å². The maximum atomic E-state index is 13.6. The number of fused-ring (bicyclic) bond motifs is 2. The standard InChI is InChI=1S/C32H38ClN5O3/c33-30-19-28(8-5-25(30)20-34)41-29-17-26-6-7-27(18-29)38(26)32(40)24-3-1-23(2-4-24)31(39)37-15-13-36(14-16-37)21-22-9-11-35-12-10-22/h1-5,8,19,22,26-27,29,35H,6-7,9-18,21H2/t26-,27+,29+. The number of amides is 2. The van der Waals surface area contributed by atoms with E-state index in [1.54, 1.807) is 18.2 Å². The van der Waals surface area contributed by atoms with E-state index < -0.39 is 0 Å². The summed E-state index contributed by atoms with van der Waals surface area (Å²) in [6.07, 6.45) is 5.94. The van der Waals surface area contributed by atoms with Crippen molar-refractivity contribution in [2.24, 2.45) is 5.92 Å². The van der Waals surface area contributed by atoms with Gasteiger partial charge in [-0.3, -0.25) is 14.5 Å². The zero-order valence-corrected chi connectivity index (χ0v) is 24.2. The smallest absolute Gasteiger partial charge is 0.254 e. The summed E-state index contributed by atoms with van der Waals surface area (Å²) < 4.78 is 6.21. The van der Waals surface area contributed by atoms with E-state index in [9.17, 15) is 9.59 Å². The molecule has 0 saturated carbocycles. The Morgan fingerprint density at radius 3 is 2.15 bits per heavy atom. The van der Waals surface area contributed by atoms with Crippen molar-refractivity contribution in [2.75, 3.05) is 45.8 Å². The molecule has 41 heavy (non-hydrogen) atoms. The number of halogens is 1. The van der Waals surface area contributed by atoms with Gasteiger partial charge in [-0.15, -0.1) is 0 Å². The number of ether oxygens (including phenoxy) is 1. The molecule has 3 atom stereocenters. The lowest BCUT2D eigenvalue weighted by Gasteiger charge is -2.39. The van der Waals surface area contributed by atoms with Crippen molar-refractivity contribution < 1.29 is 14.3 Å². The highest BCUT2D eigenvalue weighted by atomic mass is 35.5. The molecule has 4 saturated heterocycles. The second-order valence-electron chi connectivity index (χ2n) is 11.9. The Hall–Kier alpha value is -3.12. The zero-order chi connectivity index (χ0) is 28.3. The first-order valence-corrected chi connectivity index (χ1v) is 15.4. The molecular formula is C32H38ClN5O3. The van der Waals surface area contributed by atoms with Crippen molar-refractivity contribution in [3.63, 3.8) is 0 Å². The van der Waals surface area contributed by atoms with E-state index in [1.165, 1.54) is 12.8 Å². The molecule has 2 aromatic rings. The number of benzene rings is 2. The molecule has 4 aliphatic heterocycles. The third-order valence-electron chi connectivity index (χ3n) is 9.30. The number of rotatable bonds is 6. The summed E-state index contributed by atoms with van der Waals surface area (Å²) in [5.41, 5.74) is 1.70. The van der Waals surface area contributed by atoms with Crippen LogP contribution in [-0.2, 0) is 0 Å². The highest BCUT2D eigenvalue weighted by Gasteiger charge is 2.44. The van der Waals surface area contributed by atoms with Crippen LogP contribution in [0.15, 0.2) is 42.5 Å². The summed E-state index contributed by atoms with van der Waals surface area (Å²) in [6, 6.07) is 14.7. The van der Waals surface area contributed by atoms with Gasteiger partial charge in [-0.1, -0.05) is 11.6 Å². The van der Waals surface area contributed by atoms with Crippen molar-refractivity contribution in [3.8, 4) is 11.8 Å². The number of hydrogen-bond donors (Lipinski definition) is 1. The van der Waals surface area contributed by atoms with Gasteiger partial charge >= 0.3 is 0 Å². The molecule has 4 heterocycles. The van der Waals surface area contributed by atoms with Crippen molar-refractivity contribution >= 4 is 23.4 Å². The van der Waals surface area contributed by atoms with Crippen molar-refractivity contribution in [1.29, 1.82) is 5.26 Å². The molecule has 1 N–H and O–H groups in total. The fourth-order valence-electron chi connectivity index (χ4n) is 7.06. The topological polar surface area (TPSA) is 88.9 Å². The quantitative estimate of drug-likeness (QED) is 0.556. The average molecular weight is 576 g/mol. The van der Waals surface area contributed by atoms with Gasteiger partial charge in [0.2, 0.25) is 0 Å². The third-order valence-corrected chi connectivity index (χ3v) is 9.61. The highest BCUT2D eigenvalue weighted by Crippen LogP contribution is 2.38. The SMILES string of the molecule is N#Cc1ccc(O[C@H]2C[C@H]3CC[C@@H](C2)N3C(=O)c2ccc(C(=O)N3CCN(CC4CCNCC4)CC3)cc2)cc1Cl. The number of piperidine rings is 2. The zero-order valence-electron chi connectivity index (χ0n) is 23.4. The fraction of sp³-hybridized carbons (Fsp3) is 0.531. The molecule has 0 radical (unpaired) electrons. The maximum absolute atomic E-state index is 13.6. The summed E-state index contributed by atoms with van der Waals surface area (Å²) in [7, 11) is 0. The Morgan fingerprint density at radius 2 is 1.54 bits per heavy atom. The van der Waals surface area contributed by atoms with Crippen LogP contribution in [0.25, 0.3) is 0 Å². The first-order chi connectivity index (χ1) is 20.0. The van der Waals surface area contributed by atoms with E-state index in [0.29, 0.717) is 27.5 Å². The van der Waals surface area contributed by atoms with Crippen LogP contribution in [0, 0.1) is 17.2 Å². The van der Waals surface area contributed by atoms with Crippen molar-refractivity contribution in [1.82, 2.24) is 20.0 Å². The number of nitrogens with one attached hydrogen (secondary N) is 1. The number of nitrogens with zero attached hydrogens (tertiary/aromatic N) is 4. The lowest BCUT2D eigenvalue weighted by atomic mass is 9.97. The summed E-state index contributed by atoms with van der Waals surface area (Å²) in [5, 5.41) is 12.9. The Morgan fingerprint density at radius 1 is 0.902 bits per heavy atom. The second kappa shape index (κ2) is 12.4. The van der Waals surface area contributed by atoms with Gasteiger partial charge in [-0.25, -0.2) is 0 Å². The van der Waals surface area contributed by atoms with Gasteiger partial charge in [0.1, 0.15) is 17.9 Å². The molecule has 0 aromatic heterocycles. The first-order valence-electron chi connectivity index (χ1n) is 15.0. The van der Waals surface area contributed by atoms with E-state index >= 15 is 0 Å². The molecule has 2 bridgehead atoms. The van der Waals surface area contributed by atoms with Crippen molar-refractivity contribution in [2.45, 2.75) is 56.7 Å². The molecule has 4 aliphatic rings. The summed E-state index contributed by atoms with van der Waals surface area (Å²) >= 11 is 6.18. The molecule has 216 valence electrons. The molecule has 9 heteroatoms. The predicted octanol–water partition coefficient (Wildman–Crippen LogP) is 4.18. The monoisotopic (exact) mass is 575 g/mol. The second-order valence-corrected chi connectivity index (χ2v) is 12.3. The Kier molecular flexibility index (Phi) is 8.47. The summed E-state index contributed by atoms with van der Waals surface area (Å²) in [5.74, 6) is 1.50. The van der Waals surface area contributed by atoms with Crippen LogP contribution in [0.3, 0.4) is 0 Å². The molecular weight excluding hydrogens is 538 g/mol. The summed E-state index contributed by atoms with van der Waals surface area (Å²) in [4.78, 5) is 33.2. The van der Waals surface area contributed by atoms with Crippen molar-refractivity contribution in [3.05, 3.63) is 64.2 Å². The number of nitriles is 1. The Bertz CT molecular complexity index is 1280. The Labute approximate surface area is 247 Å². The fourth-order valence-corrected chi connectivity index (χ4v) is 7.27. The largest absolute Gasteiger partial charge is 0.490 e. The van der Waals surface area contributed by atoms with E-state index in [1.807, 2.05) is 34.1 Å². The van der Waals surface area contributed by atoms with E-state index in [0.717, 1.165) is 77.4 Å². The van der Waals surface area contributed by atoms with Crippen LogP contribution in [-0.4, -0.2) is 90.5 Å². The molecule has 6 rings (SSSR count). The number of carbonyl (C=O) groups is 2. The lowest BCUT2D eigenvalue weighted by Crippen LogP contribution is -2.50. The molecule has 8 nitrogen and oxygen atoms in total. The average Bonchev–Trinajstić information content (AvgIpc) is 3.27. The van der Waals surface area contributed by atoms with Gasteiger partial charge < -0.3 is 19.9 Å². The van der Waals surface area contributed by atoms with Crippen LogP contribution in [0.2, 0.25) is 5.02 Å². The van der Waals surface area contributed by atoms with Crippen LogP contribution in [0.1, 0.15) is 64.8 Å². The highest BCUT2D eigenvalue weighted by molar-refractivity contribution is 6.31. The number of hydrogen-bond acceptors (Lipinski definition) is 6.